The normalized spacial score (nSPS) is 18.8. The number of benzene rings is 1. The Kier molecular flexibility index (Phi) is 5.79. The first-order valence-corrected chi connectivity index (χ1v) is 9.27. The summed E-state index contributed by atoms with van der Waals surface area (Å²) in [4.78, 5) is 14.4. The lowest BCUT2D eigenvalue weighted by Crippen LogP contribution is -2.42. The number of hydrogen-bond acceptors (Lipinski definition) is 4. The van der Waals surface area contributed by atoms with Crippen molar-refractivity contribution in [1.82, 2.24) is 4.90 Å². The number of carbonyl (C=O) groups excluding carboxylic acids is 1. The molecule has 1 unspecified atom stereocenters. The number of ether oxygens (including phenoxy) is 1. The molecule has 1 fully saturated rings. The molecule has 1 aromatic carbocycles. The Morgan fingerprint density at radius 1 is 1.31 bits per heavy atom. The molecule has 0 amide bonds. The number of carbonyl (C=O) groups is 1. The predicted molar refractivity (Wildman–Crippen MR) is 94.5 cm³/mol. The van der Waals surface area contributed by atoms with Crippen molar-refractivity contribution in [3.63, 3.8) is 0 Å². The molecule has 0 aliphatic carbocycles. The van der Waals surface area contributed by atoms with E-state index in [9.17, 15) is 18.0 Å². The summed E-state index contributed by atoms with van der Waals surface area (Å²) in [5, 5.41) is 1.98. The third-order valence-electron chi connectivity index (χ3n) is 4.35. The van der Waals surface area contributed by atoms with E-state index in [0.717, 1.165) is 23.1 Å². The van der Waals surface area contributed by atoms with Crippen LogP contribution in [-0.4, -0.2) is 36.5 Å². The van der Waals surface area contributed by atoms with E-state index in [1.807, 2.05) is 11.4 Å². The van der Waals surface area contributed by atoms with Crippen LogP contribution in [0, 0.1) is 0 Å². The van der Waals surface area contributed by atoms with Gasteiger partial charge in [0, 0.05) is 19.6 Å². The molecular formula is C19H20F3NO2S. The standard InChI is InChI=1S/C19H20F3NO2S/c1-13(24)18-9-15(12-26-18)10-23-5-6-25-17(11-23)8-14-3-2-4-16(7-14)19(20,21)22/h2-4,7,9,12,17H,5-6,8,10-11H2,1H3. The Labute approximate surface area is 154 Å². The van der Waals surface area contributed by atoms with Gasteiger partial charge in [0.25, 0.3) is 0 Å². The van der Waals surface area contributed by atoms with Crippen LogP contribution in [0.25, 0.3) is 0 Å². The summed E-state index contributed by atoms with van der Waals surface area (Å²) in [6.45, 7) is 4.24. The van der Waals surface area contributed by atoms with Crippen molar-refractivity contribution >= 4 is 17.1 Å². The average molecular weight is 383 g/mol. The Bertz CT molecular complexity index is 772. The lowest BCUT2D eigenvalue weighted by Gasteiger charge is -2.33. The number of rotatable bonds is 5. The first kappa shape index (κ1) is 19.1. The zero-order valence-corrected chi connectivity index (χ0v) is 15.2. The van der Waals surface area contributed by atoms with Crippen LogP contribution in [0.1, 0.15) is 33.3 Å². The highest BCUT2D eigenvalue weighted by Gasteiger charge is 2.30. The van der Waals surface area contributed by atoms with Crippen molar-refractivity contribution in [2.24, 2.45) is 0 Å². The van der Waals surface area contributed by atoms with Gasteiger partial charge in [-0.25, -0.2) is 0 Å². The molecule has 1 atom stereocenters. The van der Waals surface area contributed by atoms with Gasteiger partial charge in [-0.3, -0.25) is 9.69 Å². The summed E-state index contributed by atoms with van der Waals surface area (Å²) >= 11 is 1.44. The Balaban J connectivity index is 1.60. The van der Waals surface area contributed by atoms with E-state index in [1.54, 1.807) is 13.0 Å². The van der Waals surface area contributed by atoms with E-state index in [4.69, 9.17) is 4.74 Å². The topological polar surface area (TPSA) is 29.5 Å². The fourth-order valence-corrected chi connectivity index (χ4v) is 3.89. The van der Waals surface area contributed by atoms with Crippen LogP contribution < -0.4 is 0 Å². The first-order chi connectivity index (χ1) is 12.3. The number of hydrogen-bond donors (Lipinski definition) is 0. The molecule has 0 bridgehead atoms. The summed E-state index contributed by atoms with van der Waals surface area (Å²) in [5.41, 5.74) is 1.08. The van der Waals surface area contributed by atoms with Gasteiger partial charge in [-0.15, -0.1) is 11.3 Å². The number of alkyl halides is 3. The third-order valence-corrected chi connectivity index (χ3v) is 5.43. The van der Waals surface area contributed by atoms with E-state index >= 15 is 0 Å². The number of Topliss-reactive ketones (excluding diaryl/α,β-unsaturated/α-hetero) is 1. The van der Waals surface area contributed by atoms with Crippen LogP contribution in [0.15, 0.2) is 35.7 Å². The zero-order chi connectivity index (χ0) is 18.7. The van der Waals surface area contributed by atoms with E-state index in [1.165, 1.54) is 23.5 Å². The molecule has 2 heterocycles. The molecule has 0 spiro atoms. The monoisotopic (exact) mass is 383 g/mol. The van der Waals surface area contributed by atoms with Gasteiger partial charge in [-0.2, -0.15) is 13.2 Å². The van der Waals surface area contributed by atoms with E-state index in [2.05, 4.69) is 4.90 Å². The van der Waals surface area contributed by atoms with Crippen LogP contribution in [0.2, 0.25) is 0 Å². The number of halogens is 3. The van der Waals surface area contributed by atoms with Crippen molar-refractivity contribution in [3.05, 3.63) is 57.3 Å². The molecule has 0 radical (unpaired) electrons. The number of thiophene rings is 1. The smallest absolute Gasteiger partial charge is 0.375 e. The number of nitrogens with zero attached hydrogens (tertiary/aromatic N) is 1. The lowest BCUT2D eigenvalue weighted by atomic mass is 10.0. The molecular weight excluding hydrogens is 363 g/mol. The van der Waals surface area contributed by atoms with Gasteiger partial charge in [0.2, 0.25) is 0 Å². The maximum Gasteiger partial charge on any atom is 0.416 e. The first-order valence-electron chi connectivity index (χ1n) is 8.39. The van der Waals surface area contributed by atoms with Gasteiger partial charge in [0.1, 0.15) is 0 Å². The molecule has 2 aromatic rings. The molecule has 7 heteroatoms. The van der Waals surface area contributed by atoms with Gasteiger partial charge in [0.05, 0.1) is 23.2 Å². The van der Waals surface area contributed by atoms with Gasteiger partial charge >= 0.3 is 6.18 Å². The van der Waals surface area contributed by atoms with Crippen molar-refractivity contribution in [3.8, 4) is 0 Å². The molecule has 1 aliphatic heterocycles. The summed E-state index contributed by atoms with van der Waals surface area (Å²) in [6.07, 6.45) is -4.02. The van der Waals surface area contributed by atoms with Crippen LogP contribution in [0.3, 0.4) is 0 Å². The Morgan fingerprint density at radius 2 is 2.12 bits per heavy atom. The number of morpholine rings is 1. The maximum atomic E-state index is 12.8. The molecule has 1 saturated heterocycles. The lowest BCUT2D eigenvalue weighted by molar-refractivity contribution is -0.137. The maximum absolute atomic E-state index is 12.8. The highest BCUT2D eigenvalue weighted by Crippen LogP contribution is 2.30. The second-order valence-corrected chi connectivity index (χ2v) is 7.42. The highest BCUT2D eigenvalue weighted by atomic mass is 32.1. The quantitative estimate of drug-likeness (QED) is 0.716. The zero-order valence-electron chi connectivity index (χ0n) is 14.4. The van der Waals surface area contributed by atoms with E-state index in [0.29, 0.717) is 31.7 Å². The molecule has 26 heavy (non-hydrogen) atoms. The third kappa shape index (κ3) is 4.93. The van der Waals surface area contributed by atoms with E-state index < -0.39 is 11.7 Å². The van der Waals surface area contributed by atoms with Crippen LogP contribution in [-0.2, 0) is 23.9 Å². The average Bonchev–Trinajstić information content (AvgIpc) is 3.03. The van der Waals surface area contributed by atoms with Gasteiger partial charge in [-0.05, 0) is 42.0 Å². The molecule has 140 valence electrons. The predicted octanol–water partition coefficient (Wildman–Crippen LogP) is 4.41. The molecule has 0 N–H and O–H groups in total. The second kappa shape index (κ2) is 7.90. The minimum Gasteiger partial charge on any atom is -0.375 e. The Morgan fingerprint density at radius 3 is 2.81 bits per heavy atom. The minimum atomic E-state index is -4.33. The summed E-state index contributed by atoms with van der Waals surface area (Å²) in [6, 6.07) is 7.33. The van der Waals surface area contributed by atoms with Crippen LogP contribution >= 0.6 is 11.3 Å². The van der Waals surface area contributed by atoms with Crippen LogP contribution in [0.5, 0.6) is 0 Å². The fourth-order valence-electron chi connectivity index (χ4n) is 3.09. The fraction of sp³-hybridized carbons (Fsp3) is 0.421. The van der Waals surface area contributed by atoms with Gasteiger partial charge in [0.15, 0.2) is 5.78 Å². The van der Waals surface area contributed by atoms with Crippen molar-refractivity contribution < 1.29 is 22.7 Å². The second-order valence-electron chi connectivity index (χ2n) is 6.51. The molecule has 0 saturated carbocycles. The van der Waals surface area contributed by atoms with Gasteiger partial charge in [-0.1, -0.05) is 18.2 Å². The summed E-state index contributed by atoms with van der Waals surface area (Å²) in [7, 11) is 0. The summed E-state index contributed by atoms with van der Waals surface area (Å²) in [5.74, 6) is 0.0608. The molecule has 3 nitrogen and oxygen atoms in total. The van der Waals surface area contributed by atoms with Crippen molar-refractivity contribution in [2.45, 2.75) is 32.2 Å². The highest BCUT2D eigenvalue weighted by molar-refractivity contribution is 7.12. The van der Waals surface area contributed by atoms with Crippen molar-refractivity contribution in [2.75, 3.05) is 19.7 Å². The molecule has 3 rings (SSSR count). The largest absolute Gasteiger partial charge is 0.416 e. The van der Waals surface area contributed by atoms with E-state index in [-0.39, 0.29) is 11.9 Å². The Hall–Kier alpha value is -1.70. The summed E-state index contributed by atoms with van der Waals surface area (Å²) < 4.78 is 44.3. The SMILES string of the molecule is CC(=O)c1cc(CN2CCOC(Cc3cccc(C(F)(F)F)c3)C2)cs1. The minimum absolute atomic E-state index is 0.0608. The molecule has 1 aromatic heterocycles. The van der Waals surface area contributed by atoms with Gasteiger partial charge < -0.3 is 4.74 Å². The van der Waals surface area contributed by atoms with Crippen molar-refractivity contribution in [1.29, 1.82) is 0 Å². The molecule has 1 aliphatic rings. The number of ketones is 1. The van der Waals surface area contributed by atoms with Crippen LogP contribution in [0.4, 0.5) is 13.2 Å².